The summed E-state index contributed by atoms with van der Waals surface area (Å²) in [6, 6.07) is 3.23. The Kier molecular flexibility index (Phi) is 1.98. The number of oxazole rings is 1. The topological polar surface area (TPSA) is 76.2 Å². The van der Waals surface area contributed by atoms with Crippen LogP contribution in [0, 0.1) is 0 Å². The number of aromatic nitrogens is 2. The number of carbonyl (C=O) groups is 1. The van der Waals surface area contributed by atoms with Gasteiger partial charge in [0.15, 0.2) is 5.69 Å². The average molecular weight is 190 g/mol. The number of aromatic carboxylic acids is 1. The quantitative estimate of drug-likeness (QED) is 0.775. The molecule has 2 rings (SSSR count). The van der Waals surface area contributed by atoms with Crippen molar-refractivity contribution in [2.24, 2.45) is 0 Å². The number of nitrogens with zero attached hydrogens (tertiary/aromatic N) is 2. The minimum absolute atomic E-state index is 0.0602. The molecule has 0 aromatic carbocycles. The lowest BCUT2D eigenvalue weighted by atomic mass is 10.2. The van der Waals surface area contributed by atoms with Gasteiger partial charge in [-0.3, -0.25) is 0 Å². The van der Waals surface area contributed by atoms with Gasteiger partial charge in [0.25, 0.3) is 0 Å². The number of pyridine rings is 1. The summed E-state index contributed by atoms with van der Waals surface area (Å²) in [6.07, 6.45) is 4.25. The average Bonchev–Trinajstić information content (AvgIpc) is 2.70. The smallest absolute Gasteiger partial charge is 0.355 e. The van der Waals surface area contributed by atoms with Gasteiger partial charge in [-0.25, -0.2) is 14.8 Å². The van der Waals surface area contributed by atoms with Gasteiger partial charge >= 0.3 is 5.97 Å². The summed E-state index contributed by atoms with van der Waals surface area (Å²) >= 11 is 0. The fourth-order valence-corrected chi connectivity index (χ4v) is 1.10. The maximum Gasteiger partial charge on any atom is 0.355 e. The molecule has 0 unspecified atom stereocenters. The molecule has 0 aliphatic rings. The molecule has 2 heterocycles. The Morgan fingerprint density at radius 3 is 2.86 bits per heavy atom. The van der Waals surface area contributed by atoms with Crippen molar-refractivity contribution in [1.29, 1.82) is 0 Å². The number of hydrogen-bond acceptors (Lipinski definition) is 4. The molecule has 0 aliphatic carbocycles. The summed E-state index contributed by atoms with van der Waals surface area (Å²) in [5.74, 6) is -0.839. The van der Waals surface area contributed by atoms with Gasteiger partial charge in [0.2, 0.25) is 5.89 Å². The van der Waals surface area contributed by atoms with Crippen LogP contribution in [0.2, 0.25) is 0 Å². The fourth-order valence-electron chi connectivity index (χ4n) is 1.10. The third kappa shape index (κ3) is 1.35. The summed E-state index contributed by atoms with van der Waals surface area (Å²) in [5, 5.41) is 8.83. The first-order chi connectivity index (χ1) is 6.79. The van der Waals surface area contributed by atoms with Crippen LogP contribution in [0.5, 0.6) is 0 Å². The third-order valence-corrected chi connectivity index (χ3v) is 1.67. The van der Waals surface area contributed by atoms with Crippen LogP contribution in [0.4, 0.5) is 0 Å². The van der Waals surface area contributed by atoms with Crippen molar-refractivity contribution in [2.45, 2.75) is 0 Å². The Labute approximate surface area is 79.0 Å². The Morgan fingerprint density at radius 2 is 2.21 bits per heavy atom. The van der Waals surface area contributed by atoms with E-state index >= 15 is 0 Å². The van der Waals surface area contributed by atoms with Crippen LogP contribution >= 0.6 is 0 Å². The lowest BCUT2D eigenvalue weighted by Crippen LogP contribution is -2.02. The third-order valence-electron chi connectivity index (χ3n) is 1.67. The Bertz CT molecular complexity index is 451. The number of carboxylic acid groups (broad SMARTS) is 1. The largest absolute Gasteiger partial charge is 0.476 e. The van der Waals surface area contributed by atoms with Gasteiger partial charge in [-0.2, -0.15) is 0 Å². The fraction of sp³-hybridized carbons (Fsp3) is 0. The molecule has 14 heavy (non-hydrogen) atoms. The van der Waals surface area contributed by atoms with E-state index in [1.807, 2.05) is 0 Å². The Morgan fingerprint density at radius 1 is 1.36 bits per heavy atom. The first kappa shape index (κ1) is 8.43. The van der Waals surface area contributed by atoms with E-state index in [1.165, 1.54) is 18.7 Å². The molecule has 0 spiro atoms. The van der Waals surface area contributed by atoms with Gasteiger partial charge in [-0.15, -0.1) is 0 Å². The second-order valence-electron chi connectivity index (χ2n) is 2.54. The standard InChI is InChI=1S/C9H6N2O3/c12-9(13)7-6(2-1-3-10-7)8-11-4-5-14-8/h1-5H,(H,12,13). The van der Waals surface area contributed by atoms with E-state index in [0.29, 0.717) is 5.56 Å². The van der Waals surface area contributed by atoms with Gasteiger partial charge in [0.05, 0.1) is 11.8 Å². The molecule has 2 aromatic rings. The van der Waals surface area contributed by atoms with E-state index in [-0.39, 0.29) is 11.6 Å². The summed E-state index contributed by atoms with van der Waals surface area (Å²) in [5.41, 5.74) is 0.319. The molecule has 0 saturated heterocycles. The van der Waals surface area contributed by atoms with Crippen LogP contribution in [0.1, 0.15) is 10.5 Å². The van der Waals surface area contributed by atoms with E-state index < -0.39 is 5.97 Å². The van der Waals surface area contributed by atoms with Crippen LogP contribution in [-0.2, 0) is 0 Å². The van der Waals surface area contributed by atoms with Gasteiger partial charge in [0, 0.05) is 6.20 Å². The summed E-state index contributed by atoms with van der Waals surface area (Å²) in [7, 11) is 0. The zero-order chi connectivity index (χ0) is 9.97. The minimum Gasteiger partial charge on any atom is -0.476 e. The zero-order valence-corrected chi connectivity index (χ0v) is 7.04. The monoisotopic (exact) mass is 190 g/mol. The molecular weight excluding hydrogens is 184 g/mol. The molecule has 0 bridgehead atoms. The lowest BCUT2D eigenvalue weighted by molar-refractivity contribution is 0.0691. The van der Waals surface area contributed by atoms with E-state index in [1.54, 1.807) is 12.1 Å². The van der Waals surface area contributed by atoms with E-state index in [9.17, 15) is 4.79 Å². The van der Waals surface area contributed by atoms with Gasteiger partial charge in [0.1, 0.15) is 6.26 Å². The highest BCUT2D eigenvalue weighted by atomic mass is 16.4. The summed E-state index contributed by atoms with van der Waals surface area (Å²) in [6.45, 7) is 0. The molecule has 0 saturated carbocycles. The molecule has 0 aliphatic heterocycles. The van der Waals surface area contributed by atoms with Crippen molar-refractivity contribution < 1.29 is 14.3 Å². The van der Waals surface area contributed by atoms with Crippen LogP contribution in [0.25, 0.3) is 11.5 Å². The molecule has 0 atom stereocenters. The highest BCUT2D eigenvalue weighted by molar-refractivity contribution is 5.92. The predicted octanol–water partition coefficient (Wildman–Crippen LogP) is 1.43. The Balaban J connectivity index is 2.58. The van der Waals surface area contributed by atoms with Crippen molar-refractivity contribution in [3.05, 3.63) is 36.5 Å². The number of hydrogen-bond donors (Lipinski definition) is 1. The SMILES string of the molecule is O=C(O)c1ncccc1-c1ncco1. The minimum atomic E-state index is -1.10. The van der Waals surface area contributed by atoms with E-state index in [2.05, 4.69) is 9.97 Å². The molecule has 0 amide bonds. The van der Waals surface area contributed by atoms with E-state index in [4.69, 9.17) is 9.52 Å². The van der Waals surface area contributed by atoms with Crippen molar-refractivity contribution in [3.8, 4) is 11.5 Å². The van der Waals surface area contributed by atoms with Crippen molar-refractivity contribution >= 4 is 5.97 Å². The summed E-state index contributed by atoms with van der Waals surface area (Å²) < 4.78 is 5.00. The molecular formula is C9H6N2O3. The predicted molar refractivity (Wildman–Crippen MR) is 46.7 cm³/mol. The molecule has 5 heteroatoms. The number of carboxylic acids is 1. The second kappa shape index (κ2) is 3.29. The highest BCUT2D eigenvalue weighted by Gasteiger charge is 2.15. The van der Waals surface area contributed by atoms with Gasteiger partial charge in [-0.1, -0.05) is 0 Å². The van der Waals surface area contributed by atoms with Crippen LogP contribution < -0.4 is 0 Å². The molecule has 0 fully saturated rings. The molecule has 70 valence electrons. The van der Waals surface area contributed by atoms with Crippen molar-refractivity contribution in [3.63, 3.8) is 0 Å². The molecule has 2 aromatic heterocycles. The van der Waals surface area contributed by atoms with Gasteiger partial charge < -0.3 is 9.52 Å². The van der Waals surface area contributed by atoms with Crippen LogP contribution in [0.3, 0.4) is 0 Å². The lowest BCUT2D eigenvalue weighted by Gasteiger charge is -1.98. The molecule has 0 radical (unpaired) electrons. The zero-order valence-electron chi connectivity index (χ0n) is 7.04. The van der Waals surface area contributed by atoms with Crippen molar-refractivity contribution in [2.75, 3.05) is 0 Å². The number of rotatable bonds is 2. The maximum atomic E-state index is 10.8. The normalized spacial score (nSPS) is 10.0. The van der Waals surface area contributed by atoms with Crippen LogP contribution in [-0.4, -0.2) is 21.0 Å². The Hall–Kier alpha value is -2.17. The van der Waals surface area contributed by atoms with Gasteiger partial charge in [-0.05, 0) is 12.1 Å². The molecule has 5 nitrogen and oxygen atoms in total. The molecule has 1 N–H and O–H groups in total. The first-order valence-corrected chi connectivity index (χ1v) is 3.87. The second-order valence-corrected chi connectivity index (χ2v) is 2.54. The summed E-state index contributed by atoms with van der Waals surface area (Å²) in [4.78, 5) is 18.4. The van der Waals surface area contributed by atoms with Crippen molar-refractivity contribution in [1.82, 2.24) is 9.97 Å². The van der Waals surface area contributed by atoms with Crippen LogP contribution in [0.15, 0.2) is 35.2 Å². The highest BCUT2D eigenvalue weighted by Crippen LogP contribution is 2.19. The first-order valence-electron chi connectivity index (χ1n) is 3.87. The maximum absolute atomic E-state index is 10.8. The van der Waals surface area contributed by atoms with E-state index in [0.717, 1.165) is 0 Å².